The molecule has 2 aromatic carbocycles. The van der Waals surface area contributed by atoms with Crippen LogP contribution in [0.5, 0.6) is 0 Å². The molecular weight excluding hydrogens is 428 g/mol. The van der Waals surface area contributed by atoms with E-state index in [1.165, 1.54) is 12.5 Å². The molecule has 0 saturated carbocycles. The molecule has 0 atom stereocenters. The van der Waals surface area contributed by atoms with Gasteiger partial charge in [-0.3, -0.25) is 19.3 Å². The van der Waals surface area contributed by atoms with Crippen molar-refractivity contribution in [3.05, 3.63) is 75.8 Å². The first-order chi connectivity index (χ1) is 15.3. The number of aliphatic hydroxyl groups is 1. The molecule has 1 fully saturated rings. The highest BCUT2D eigenvalue weighted by atomic mass is 35.5. The molecular formula is C25H25ClN2O4. The van der Waals surface area contributed by atoms with E-state index >= 15 is 0 Å². The van der Waals surface area contributed by atoms with E-state index in [9.17, 15) is 19.5 Å². The van der Waals surface area contributed by atoms with Gasteiger partial charge in [0, 0.05) is 17.1 Å². The lowest BCUT2D eigenvalue weighted by atomic mass is 9.63. The molecule has 1 heterocycles. The van der Waals surface area contributed by atoms with Crippen LogP contribution in [-0.4, -0.2) is 47.1 Å². The average molecular weight is 453 g/mol. The quantitative estimate of drug-likeness (QED) is 0.679. The van der Waals surface area contributed by atoms with Crippen molar-refractivity contribution in [1.82, 2.24) is 10.2 Å². The molecule has 1 saturated heterocycles. The largest absolute Gasteiger partial charge is 0.506 e. The number of amides is 1. The van der Waals surface area contributed by atoms with Gasteiger partial charge in [-0.2, -0.15) is 0 Å². The van der Waals surface area contributed by atoms with Crippen LogP contribution in [0.1, 0.15) is 36.5 Å². The number of likely N-dealkylation sites (tertiary alicyclic amines) is 1. The zero-order valence-electron chi connectivity index (χ0n) is 17.9. The van der Waals surface area contributed by atoms with E-state index in [2.05, 4.69) is 22.3 Å². The first-order valence-electron chi connectivity index (χ1n) is 10.6. The van der Waals surface area contributed by atoms with Crippen LogP contribution in [0, 0.1) is 0 Å². The van der Waals surface area contributed by atoms with E-state index in [0.717, 1.165) is 6.54 Å². The molecule has 0 aromatic heterocycles. The summed E-state index contributed by atoms with van der Waals surface area (Å²) in [6, 6.07) is 15.2. The summed E-state index contributed by atoms with van der Waals surface area (Å²) >= 11 is 6.18. The van der Waals surface area contributed by atoms with Crippen LogP contribution in [0.15, 0.2) is 54.1 Å². The minimum atomic E-state index is -0.914. The predicted octanol–water partition coefficient (Wildman–Crippen LogP) is 3.43. The maximum atomic E-state index is 13.7. The van der Waals surface area contributed by atoms with Crippen LogP contribution in [0.25, 0.3) is 5.76 Å². The van der Waals surface area contributed by atoms with Crippen LogP contribution in [0.2, 0.25) is 5.02 Å². The van der Waals surface area contributed by atoms with Gasteiger partial charge in [0.2, 0.25) is 0 Å². The summed E-state index contributed by atoms with van der Waals surface area (Å²) in [5.74, 6) is -1.76. The van der Waals surface area contributed by atoms with Crippen molar-refractivity contribution < 1.29 is 19.5 Å². The smallest absolute Gasteiger partial charge is 0.259 e. The summed E-state index contributed by atoms with van der Waals surface area (Å²) in [6.07, 6.45) is 1.04. The zero-order valence-corrected chi connectivity index (χ0v) is 18.6. The molecule has 2 N–H and O–H groups in total. The fourth-order valence-corrected chi connectivity index (χ4v) is 4.84. The lowest BCUT2D eigenvalue weighted by Gasteiger charge is -2.44. The molecule has 0 bridgehead atoms. The highest BCUT2D eigenvalue weighted by Gasteiger charge is 2.50. The summed E-state index contributed by atoms with van der Waals surface area (Å²) in [4.78, 5) is 40.1. The van der Waals surface area contributed by atoms with Crippen LogP contribution >= 0.6 is 11.6 Å². The summed E-state index contributed by atoms with van der Waals surface area (Å²) < 4.78 is 0. The number of ketones is 2. The summed E-state index contributed by atoms with van der Waals surface area (Å²) in [5, 5.41) is 13.7. The molecule has 4 rings (SSSR count). The van der Waals surface area contributed by atoms with Gasteiger partial charge < -0.3 is 10.4 Å². The van der Waals surface area contributed by atoms with Crippen molar-refractivity contribution in [2.45, 2.75) is 31.7 Å². The standard InChI is InChI=1S/C25H25ClN2O4/c1-16(29)14-27-24(32)21-22(30)19-13-18(26)7-8-20(19)25(23(21)31)9-11-28(12-10-25)15-17-5-3-2-4-6-17/h2-8,13,30H,9-12,14-15H2,1H3,(H,27,32). The van der Waals surface area contributed by atoms with Gasteiger partial charge in [-0.05, 0) is 56.1 Å². The van der Waals surface area contributed by atoms with Gasteiger partial charge in [0.1, 0.15) is 17.1 Å². The highest BCUT2D eigenvalue weighted by molar-refractivity contribution is 6.32. The zero-order chi connectivity index (χ0) is 22.9. The number of nitrogens with zero attached hydrogens (tertiary/aromatic N) is 1. The Morgan fingerprint density at radius 3 is 2.47 bits per heavy atom. The van der Waals surface area contributed by atoms with Crippen LogP contribution in [0.3, 0.4) is 0 Å². The molecule has 0 unspecified atom stereocenters. The third kappa shape index (κ3) is 4.08. The Balaban J connectivity index is 1.66. The monoisotopic (exact) mass is 452 g/mol. The van der Waals surface area contributed by atoms with Crippen molar-refractivity contribution >= 4 is 34.8 Å². The van der Waals surface area contributed by atoms with Gasteiger partial charge in [-0.1, -0.05) is 48.0 Å². The van der Waals surface area contributed by atoms with Crippen LogP contribution in [0.4, 0.5) is 0 Å². The number of hydrogen-bond acceptors (Lipinski definition) is 5. The molecule has 32 heavy (non-hydrogen) atoms. The Kier molecular flexibility index (Phi) is 6.17. The van der Waals surface area contributed by atoms with Gasteiger partial charge in [-0.15, -0.1) is 0 Å². The molecule has 1 aliphatic heterocycles. The molecule has 166 valence electrons. The fourth-order valence-electron chi connectivity index (χ4n) is 4.67. The molecule has 0 radical (unpaired) electrons. The first kappa shape index (κ1) is 22.2. The van der Waals surface area contributed by atoms with E-state index in [1.807, 2.05) is 18.2 Å². The van der Waals surface area contributed by atoms with E-state index in [1.54, 1.807) is 18.2 Å². The number of piperidine rings is 1. The van der Waals surface area contributed by atoms with Crippen LogP contribution in [-0.2, 0) is 26.3 Å². The Labute approximate surface area is 191 Å². The summed E-state index contributed by atoms with van der Waals surface area (Å²) in [7, 11) is 0. The number of carbonyl (C=O) groups excluding carboxylic acids is 3. The SMILES string of the molecule is CC(=O)CNC(=O)C1=C(O)c2cc(Cl)ccc2C2(CCN(Cc3ccccc3)CC2)C1=O. The predicted molar refractivity (Wildman–Crippen MR) is 122 cm³/mol. The second-order valence-electron chi connectivity index (χ2n) is 8.47. The number of halogens is 1. The number of fused-ring (bicyclic) bond motifs is 2. The van der Waals surface area contributed by atoms with E-state index in [0.29, 0.717) is 42.1 Å². The Morgan fingerprint density at radius 2 is 1.81 bits per heavy atom. The average Bonchev–Trinajstić information content (AvgIpc) is 2.78. The second kappa shape index (κ2) is 8.88. The van der Waals surface area contributed by atoms with E-state index in [-0.39, 0.29) is 23.7 Å². The first-order valence-corrected chi connectivity index (χ1v) is 11.0. The molecule has 2 aromatic rings. The summed E-state index contributed by atoms with van der Waals surface area (Å²) in [6.45, 7) is 3.27. The number of Topliss-reactive ketones (excluding diaryl/α,β-unsaturated/α-hetero) is 2. The van der Waals surface area contributed by atoms with Gasteiger partial charge >= 0.3 is 0 Å². The molecule has 1 aliphatic carbocycles. The lowest BCUT2D eigenvalue weighted by Crippen LogP contribution is -2.51. The number of carbonyl (C=O) groups is 3. The number of nitrogens with one attached hydrogen (secondary N) is 1. The third-order valence-corrected chi connectivity index (χ3v) is 6.57. The molecule has 1 spiro atoms. The van der Waals surface area contributed by atoms with Crippen molar-refractivity contribution in [3.63, 3.8) is 0 Å². The Bertz CT molecular complexity index is 1100. The second-order valence-corrected chi connectivity index (χ2v) is 8.91. The number of hydrogen-bond donors (Lipinski definition) is 2. The fraction of sp³-hybridized carbons (Fsp3) is 0.320. The Morgan fingerprint density at radius 1 is 1.12 bits per heavy atom. The van der Waals surface area contributed by atoms with Crippen LogP contribution < -0.4 is 5.32 Å². The molecule has 6 nitrogen and oxygen atoms in total. The number of rotatable bonds is 5. The molecule has 1 amide bonds. The highest BCUT2D eigenvalue weighted by Crippen LogP contribution is 2.46. The molecule has 2 aliphatic rings. The normalized spacial score (nSPS) is 17.9. The number of benzene rings is 2. The van der Waals surface area contributed by atoms with Gasteiger partial charge in [0.05, 0.1) is 12.0 Å². The summed E-state index contributed by atoms with van der Waals surface area (Å²) in [5.41, 5.74) is 1.10. The molecule has 7 heteroatoms. The topological polar surface area (TPSA) is 86.7 Å². The lowest BCUT2D eigenvalue weighted by molar-refractivity contribution is -0.128. The maximum Gasteiger partial charge on any atom is 0.259 e. The van der Waals surface area contributed by atoms with Crippen molar-refractivity contribution in [1.29, 1.82) is 0 Å². The minimum absolute atomic E-state index is 0.205. The van der Waals surface area contributed by atoms with Gasteiger partial charge in [0.25, 0.3) is 5.91 Å². The van der Waals surface area contributed by atoms with E-state index in [4.69, 9.17) is 11.6 Å². The van der Waals surface area contributed by atoms with Gasteiger partial charge in [0.15, 0.2) is 5.78 Å². The maximum absolute atomic E-state index is 13.7. The van der Waals surface area contributed by atoms with Gasteiger partial charge in [-0.25, -0.2) is 0 Å². The Hall–Kier alpha value is -2.96. The van der Waals surface area contributed by atoms with E-state index < -0.39 is 17.1 Å². The number of aliphatic hydroxyl groups excluding tert-OH is 1. The van der Waals surface area contributed by atoms with Crippen molar-refractivity contribution in [2.24, 2.45) is 0 Å². The van der Waals surface area contributed by atoms with Crippen molar-refractivity contribution in [2.75, 3.05) is 19.6 Å². The van der Waals surface area contributed by atoms with Crippen molar-refractivity contribution in [3.8, 4) is 0 Å². The minimum Gasteiger partial charge on any atom is -0.506 e. The third-order valence-electron chi connectivity index (χ3n) is 6.33.